The van der Waals surface area contributed by atoms with Crippen LogP contribution in [0.25, 0.3) is 0 Å². The number of anilines is 1. The van der Waals surface area contributed by atoms with Crippen LogP contribution in [0.1, 0.15) is 49.5 Å². The van der Waals surface area contributed by atoms with Crippen molar-refractivity contribution in [1.29, 1.82) is 0 Å². The fourth-order valence-corrected chi connectivity index (χ4v) is 3.31. The van der Waals surface area contributed by atoms with Crippen LogP contribution in [0.15, 0.2) is 18.2 Å². The molecule has 0 aliphatic heterocycles. The molecule has 0 spiro atoms. The fourth-order valence-electron chi connectivity index (χ4n) is 3.31. The molecule has 0 radical (unpaired) electrons. The zero-order chi connectivity index (χ0) is 14.9. The van der Waals surface area contributed by atoms with E-state index in [1.165, 1.54) is 13.5 Å². The van der Waals surface area contributed by atoms with Gasteiger partial charge in [-0.15, -0.1) is 0 Å². The van der Waals surface area contributed by atoms with Crippen molar-refractivity contribution in [3.8, 4) is 0 Å². The first-order valence-corrected chi connectivity index (χ1v) is 7.28. The van der Waals surface area contributed by atoms with Crippen LogP contribution in [0.5, 0.6) is 0 Å². The van der Waals surface area contributed by atoms with Gasteiger partial charge in [0.15, 0.2) is 0 Å². The summed E-state index contributed by atoms with van der Waals surface area (Å²) >= 11 is 0. The summed E-state index contributed by atoms with van der Waals surface area (Å²) in [4.78, 5) is 11.6. The van der Waals surface area contributed by atoms with Crippen LogP contribution in [0.2, 0.25) is 0 Å². The van der Waals surface area contributed by atoms with Gasteiger partial charge in [-0.05, 0) is 48.8 Å². The number of hydrogen-bond donors (Lipinski definition) is 1. The maximum atomic E-state index is 11.6. The van der Waals surface area contributed by atoms with Crippen LogP contribution < -0.4 is 5.32 Å². The number of aryl methyl sites for hydroxylation is 1. The van der Waals surface area contributed by atoms with E-state index in [-0.39, 0.29) is 5.97 Å². The maximum Gasteiger partial charge on any atom is 0.337 e. The second-order valence-corrected chi connectivity index (χ2v) is 6.82. The van der Waals surface area contributed by atoms with Gasteiger partial charge in [-0.3, -0.25) is 0 Å². The van der Waals surface area contributed by atoms with E-state index in [2.05, 4.69) is 33.0 Å². The molecule has 0 aromatic heterocycles. The molecule has 3 nitrogen and oxygen atoms in total. The second-order valence-electron chi connectivity index (χ2n) is 6.82. The lowest BCUT2D eigenvalue weighted by atomic mass is 9.91. The number of rotatable bonds is 3. The lowest BCUT2D eigenvalue weighted by molar-refractivity contribution is 0.0601. The standard InChI is InChI=1S/C17H25NO2/c1-11-6-7-13(16(19)20-5)8-14(11)18-15-10-17(3,4)9-12(15)2/h6-8,12,15,18H,9-10H2,1-5H3. The summed E-state index contributed by atoms with van der Waals surface area (Å²) in [6, 6.07) is 6.16. The minimum Gasteiger partial charge on any atom is -0.465 e. The van der Waals surface area contributed by atoms with Gasteiger partial charge < -0.3 is 10.1 Å². The molecule has 1 fully saturated rings. The fraction of sp³-hybridized carbons (Fsp3) is 0.588. The summed E-state index contributed by atoms with van der Waals surface area (Å²) in [6.07, 6.45) is 2.40. The van der Waals surface area contributed by atoms with E-state index in [0.717, 1.165) is 17.7 Å². The number of nitrogens with one attached hydrogen (secondary N) is 1. The highest BCUT2D eigenvalue weighted by Crippen LogP contribution is 2.42. The summed E-state index contributed by atoms with van der Waals surface area (Å²) in [5.41, 5.74) is 3.20. The smallest absolute Gasteiger partial charge is 0.337 e. The van der Waals surface area contributed by atoms with Crippen molar-refractivity contribution in [2.75, 3.05) is 12.4 Å². The highest BCUT2D eigenvalue weighted by molar-refractivity contribution is 5.90. The normalized spacial score (nSPS) is 24.4. The van der Waals surface area contributed by atoms with E-state index < -0.39 is 0 Å². The zero-order valence-corrected chi connectivity index (χ0v) is 13.1. The van der Waals surface area contributed by atoms with Gasteiger partial charge in [-0.25, -0.2) is 4.79 Å². The van der Waals surface area contributed by atoms with Gasteiger partial charge in [-0.2, -0.15) is 0 Å². The number of hydrogen-bond acceptors (Lipinski definition) is 3. The number of esters is 1. The average Bonchev–Trinajstić information content (AvgIpc) is 2.64. The van der Waals surface area contributed by atoms with Crippen LogP contribution in [-0.2, 0) is 4.74 Å². The lowest BCUT2D eigenvalue weighted by Crippen LogP contribution is -2.23. The molecule has 0 amide bonds. The van der Waals surface area contributed by atoms with Crippen molar-refractivity contribution >= 4 is 11.7 Å². The van der Waals surface area contributed by atoms with E-state index in [1.807, 2.05) is 18.2 Å². The first-order valence-electron chi connectivity index (χ1n) is 7.28. The van der Waals surface area contributed by atoms with Gasteiger partial charge in [0.1, 0.15) is 0 Å². The first kappa shape index (κ1) is 14.9. The Morgan fingerprint density at radius 3 is 2.60 bits per heavy atom. The van der Waals surface area contributed by atoms with Gasteiger partial charge in [0.25, 0.3) is 0 Å². The third-order valence-corrected chi connectivity index (χ3v) is 4.33. The predicted molar refractivity (Wildman–Crippen MR) is 82.1 cm³/mol. The zero-order valence-electron chi connectivity index (χ0n) is 13.1. The molecule has 1 aliphatic carbocycles. The Kier molecular flexibility index (Phi) is 4.07. The molecule has 0 bridgehead atoms. The third kappa shape index (κ3) is 3.14. The van der Waals surface area contributed by atoms with Crippen molar-refractivity contribution in [1.82, 2.24) is 0 Å². The summed E-state index contributed by atoms with van der Waals surface area (Å²) in [7, 11) is 1.41. The SMILES string of the molecule is COC(=O)c1ccc(C)c(NC2CC(C)(C)CC2C)c1. The van der Waals surface area contributed by atoms with Gasteiger partial charge in [0.2, 0.25) is 0 Å². The van der Waals surface area contributed by atoms with Crippen molar-refractivity contribution in [3.63, 3.8) is 0 Å². The minimum absolute atomic E-state index is 0.284. The number of benzene rings is 1. The van der Waals surface area contributed by atoms with Gasteiger partial charge in [-0.1, -0.05) is 26.8 Å². The molecule has 110 valence electrons. The topological polar surface area (TPSA) is 38.3 Å². The third-order valence-electron chi connectivity index (χ3n) is 4.33. The molecule has 20 heavy (non-hydrogen) atoms. The molecule has 0 heterocycles. The van der Waals surface area contributed by atoms with Crippen molar-refractivity contribution < 1.29 is 9.53 Å². The summed E-state index contributed by atoms with van der Waals surface area (Å²) in [5, 5.41) is 3.63. The van der Waals surface area contributed by atoms with Crippen molar-refractivity contribution in [3.05, 3.63) is 29.3 Å². The molecule has 2 atom stereocenters. The Hall–Kier alpha value is -1.51. The largest absolute Gasteiger partial charge is 0.465 e. The number of methoxy groups -OCH3 is 1. The van der Waals surface area contributed by atoms with Gasteiger partial charge >= 0.3 is 5.97 Å². The Bertz CT molecular complexity index is 508. The van der Waals surface area contributed by atoms with Gasteiger partial charge in [0, 0.05) is 11.7 Å². The molecule has 1 aliphatic rings. The highest BCUT2D eigenvalue weighted by Gasteiger charge is 2.36. The second kappa shape index (κ2) is 5.47. The Balaban J connectivity index is 2.19. The number of ether oxygens (including phenoxy) is 1. The number of carbonyl (C=O) groups excluding carboxylic acids is 1. The van der Waals surface area contributed by atoms with E-state index in [0.29, 0.717) is 22.9 Å². The minimum atomic E-state index is -0.284. The molecule has 3 heteroatoms. The molecule has 1 aromatic carbocycles. The molecule has 1 aromatic rings. The van der Waals surface area contributed by atoms with Crippen molar-refractivity contribution in [2.24, 2.45) is 11.3 Å². The highest BCUT2D eigenvalue weighted by atomic mass is 16.5. The lowest BCUT2D eigenvalue weighted by Gasteiger charge is -2.21. The van der Waals surface area contributed by atoms with E-state index >= 15 is 0 Å². The quantitative estimate of drug-likeness (QED) is 0.847. The molecular formula is C17H25NO2. The molecule has 1 saturated carbocycles. The Morgan fingerprint density at radius 2 is 2.05 bits per heavy atom. The molecule has 2 unspecified atom stereocenters. The van der Waals surface area contributed by atoms with Crippen LogP contribution in [-0.4, -0.2) is 19.1 Å². The van der Waals surface area contributed by atoms with Crippen LogP contribution in [0, 0.1) is 18.3 Å². The Labute approximate surface area is 121 Å². The summed E-state index contributed by atoms with van der Waals surface area (Å²) < 4.78 is 4.79. The molecule has 0 saturated heterocycles. The predicted octanol–water partition coefficient (Wildman–Crippen LogP) is 4.02. The monoisotopic (exact) mass is 275 g/mol. The van der Waals surface area contributed by atoms with Crippen LogP contribution in [0.4, 0.5) is 5.69 Å². The summed E-state index contributed by atoms with van der Waals surface area (Å²) in [6.45, 7) is 9.01. The molecule has 2 rings (SSSR count). The van der Waals surface area contributed by atoms with E-state index in [1.54, 1.807) is 0 Å². The van der Waals surface area contributed by atoms with E-state index in [9.17, 15) is 4.79 Å². The van der Waals surface area contributed by atoms with Crippen LogP contribution in [0.3, 0.4) is 0 Å². The maximum absolute atomic E-state index is 11.6. The van der Waals surface area contributed by atoms with Crippen LogP contribution >= 0.6 is 0 Å². The first-order chi connectivity index (χ1) is 9.32. The number of carbonyl (C=O) groups is 1. The Morgan fingerprint density at radius 1 is 1.35 bits per heavy atom. The summed E-state index contributed by atoms with van der Waals surface area (Å²) in [5.74, 6) is 0.360. The van der Waals surface area contributed by atoms with Crippen molar-refractivity contribution in [2.45, 2.75) is 46.6 Å². The van der Waals surface area contributed by atoms with E-state index in [4.69, 9.17) is 4.74 Å². The molecular weight excluding hydrogens is 250 g/mol. The molecule has 1 N–H and O–H groups in total. The van der Waals surface area contributed by atoms with Gasteiger partial charge in [0.05, 0.1) is 12.7 Å². The average molecular weight is 275 g/mol.